The molecule has 0 unspecified atom stereocenters. The Morgan fingerprint density at radius 2 is 2.13 bits per heavy atom. The van der Waals surface area contributed by atoms with Gasteiger partial charge >= 0.3 is 0 Å². The van der Waals surface area contributed by atoms with Gasteiger partial charge in [-0.15, -0.1) is 0 Å². The second kappa shape index (κ2) is 10.3. The Bertz CT molecular complexity index is 1140. The summed E-state index contributed by atoms with van der Waals surface area (Å²) in [4.78, 5) is 19.6. The number of aliphatic hydroxyl groups is 1. The number of hydrogen-bond donors (Lipinski definition) is 1. The van der Waals surface area contributed by atoms with E-state index in [0.717, 1.165) is 22.9 Å². The molecule has 5 nitrogen and oxygen atoms in total. The van der Waals surface area contributed by atoms with E-state index in [1.165, 1.54) is 25.3 Å². The van der Waals surface area contributed by atoms with Crippen LogP contribution in [0.3, 0.4) is 0 Å². The highest BCUT2D eigenvalue weighted by Gasteiger charge is 2.18. The first-order chi connectivity index (χ1) is 14.9. The summed E-state index contributed by atoms with van der Waals surface area (Å²) in [6.45, 7) is 2.62. The quantitative estimate of drug-likeness (QED) is 0.262. The van der Waals surface area contributed by atoms with Crippen molar-refractivity contribution < 1.29 is 14.3 Å². The summed E-state index contributed by atoms with van der Waals surface area (Å²) >= 11 is 3.51. The third kappa shape index (κ3) is 5.76. The molecular formula is C24H23BrFN3O2. The first-order valence-corrected chi connectivity index (χ1v) is 10.6. The molecular weight excluding hydrogens is 461 g/mol. The Balaban J connectivity index is 1.90. The zero-order valence-corrected chi connectivity index (χ0v) is 18.9. The molecule has 1 atom stereocenters. The van der Waals surface area contributed by atoms with Gasteiger partial charge in [-0.2, -0.15) is 0 Å². The van der Waals surface area contributed by atoms with Gasteiger partial charge in [-0.05, 0) is 36.6 Å². The van der Waals surface area contributed by atoms with E-state index in [4.69, 9.17) is 0 Å². The van der Waals surface area contributed by atoms with Crippen LogP contribution in [-0.2, 0) is 11.3 Å². The fourth-order valence-electron chi connectivity index (χ4n) is 3.47. The van der Waals surface area contributed by atoms with Gasteiger partial charge < -0.3 is 9.67 Å². The molecule has 1 heterocycles. The van der Waals surface area contributed by atoms with E-state index < -0.39 is 11.5 Å². The van der Waals surface area contributed by atoms with Gasteiger partial charge in [0.05, 0.1) is 6.21 Å². The lowest BCUT2D eigenvalue weighted by Crippen LogP contribution is -2.10. The van der Waals surface area contributed by atoms with Crippen LogP contribution in [0.5, 0.6) is 0 Å². The van der Waals surface area contributed by atoms with Gasteiger partial charge in [0, 0.05) is 42.5 Å². The number of nitrogens with zero attached hydrogens (tertiary/aromatic N) is 3. The normalized spacial score (nSPS) is 13.0. The Morgan fingerprint density at radius 3 is 2.84 bits per heavy atom. The van der Waals surface area contributed by atoms with Gasteiger partial charge in [0.1, 0.15) is 11.6 Å². The van der Waals surface area contributed by atoms with E-state index in [1.807, 2.05) is 23.6 Å². The predicted octanol–water partition coefficient (Wildman–Crippen LogP) is 5.48. The van der Waals surface area contributed by atoms with Crippen LogP contribution < -0.4 is 0 Å². The average molecular weight is 484 g/mol. The molecule has 0 spiro atoms. The molecule has 0 aliphatic heterocycles. The van der Waals surface area contributed by atoms with Crippen LogP contribution >= 0.6 is 15.9 Å². The fourth-order valence-corrected chi connectivity index (χ4v) is 4.09. The molecule has 0 saturated heterocycles. The van der Waals surface area contributed by atoms with Crippen molar-refractivity contribution in [3.63, 3.8) is 0 Å². The number of Topliss-reactive ketones (excluding diaryl/α,β-unsaturated/α-hetero) is 1. The molecule has 2 aromatic carbocycles. The monoisotopic (exact) mass is 483 g/mol. The summed E-state index contributed by atoms with van der Waals surface area (Å²) in [6, 6.07) is 13.0. The van der Waals surface area contributed by atoms with E-state index in [-0.39, 0.29) is 11.7 Å². The highest BCUT2D eigenvalue weighted by Crippen LogP contribution is 2.34. The minimum atomic E-state index is -0.579. The molecule has 0 aliphatic rings. The highest BCUT2D eigenvalue weighted by atomic mass is 79.9. The number of aliphatic hydroxyl groups excluding tert-OH is 1. The fraction of sp³-hybridized carbons (Fsp3) is 0.208. The lowest BCUT2D eigenvalue weighted by atomic mass is 9.87. The number of aliphatic imine (C=N–C) groups is 1. The van der Waals surface area contributed by atoms with Crippen molar-refractivity contribution in [1.29, 1.82) is 0 Å². The number of rotatable bonds is 8. The van der Waals surface area contributed by atoms with Gasteiger partial charge in [-0.1, -0.05) is 51.8 Å². The van der Waals surface area contributed by atoms with Crippen LogP contribution in [0.2, 0.25) is 0 Å². The van der Waals surface area contributed by atoms with Crippen molar-refractivity contribution in [3.8, 4) is 0 Å². The number of imidazole rings is 1. The molecule has 31 heavy (non-hydrogen) atoms. The average Bonchev–Trinajstić information content (AvgIpc) is 3.16. The molecule has 0 fully saturated rings. The van der Waals surface area contributed by atoms with Crippen molar-refractivity contribution in [2.24, 2.45) is 4.99 Å². The summed E-state index contributed by atoms with van der Waals surface area (Å²) in [6.07, 6.45) is 6.51. The SMILES string of the molecule is CN=CC(=O)/C(O)=C/c1nccn1CC[C@H](c1cccc(C)c1)c1ccc(F)cc1Br. The van der Waals surface area contributed by atoms with E-state index in [0.29, 0.717) is 23.3 Å². The molecule has 0 radical (unpaired) electrons. The molecule has 0 saturated carbocycles. The second-order valence-electron chi connectivity index (χ2n) is 7.18. The Labute approximate surface area is 189 Å². The van der Waals surface area contributed by atoms with Crippen LogP contribution in [0.4, 0.5) is 4.39 Å². The van der Waals surface area contributed by atoms with Gasteiger partial charge in [0.2, 0.25) is 5.78 Å². The first-order valence-electron chi connectivity index (χ1n) is 9.79. The summed E-state index contributed by atoms with van der Waals surface area (Å²) in [7, 11) is 1.46. The van der Waals surface area contributed by atoms with Crippen molar-refractivity contribution in [2.45, 2.75) is 25.8 Å². The van der Waals surface area contributed by atoms with Crippen molar-refractivity contribution in [3.05, 3.63) is 93.4 Å². The van der Waals surface area contributed by atoms with Gasteiger partial charge in [0.15, 0.2) is 5.76 Å². The number of hydrogen-bond acceptors (Lipinski definition) is 4. The third-order valence-electron chi connectivity index (χ3n) is 4.95. The first kappa shape index (κ1) is 22.6. The largest absolute Gasteiger partial charge is 0.504 e. The van der Waals surface area contributed by atoms with Crippen LogP contribution in [0, 0.1) is 12.7 Å². The highest BCUT2D eigenvalue weighted by molar-refractivity contribution is 9.10. The number of allylic oxidation sites excluding steroid dienone is 1. The van der Waals surface area contributed by atoms with Gasteiger partial charge in [-0.3, -0.25) is 9.79 Å². The minimum Gasteiger partial charge on any atom is -0.504 e. The molecule has 0 amide bonds. The lowest BCUT2D eigenvalue weighted by molar-refractivity contribution is -0.111. The van der Waals surface area contributed by atoms with E-state index in [2.05, 4.69) is 38.0 Å². The zero-order chi connectivity index (χ0) is 22.4. The van der Waals surface area contributed by atoms with Gasteiger partial charge in [0.25, 0.3) is 0 Å². The zero-order valence-electron chi connectivity index (χ0n) is 17.3. The molecule has 7 heteroatoms. The number of ketones is 1. The minimum absolute atomic E-state index is 0.0107. The van der Waals surface area contributed by atoms with Crippen molar-refractivity contribution >= 4 is 34.0 Å². The Kier molecular flexibility index (Phi) is 7.52. The number of carbonyl (C=O) groups is 1. The summed E-state index contributed by atoms with van der Waals surface area (Å²) in [5.74, 6) is -0.816. The maximum Gasteiger partial charge on any atom is 0.237 e. The van der Waals surface area contributed by atoms with E-state index >= 15 is 0 Å². The third-order valence-corrected chi connectivity index (χ3v) is 5.64. The summed E-state index contributed by atoms with van der Waals surface area (Å²) < 4.78 is 16.3. The van der Waals surface area contributed by atoms with Crippen molar-refractivity contribution in [1.82, 2.24) is 9.55 Å². The molecule has 0 aliphatic carbocycles. The van der Waals surface area contributed by atoms with Crippen LogP contribution in [0.25, 0.3) is 6.08 Å². The van der Waals surface area contributed by atoms with Gasteiger partial charge in [-0.25, -0.2) is 9.37 Å². The molecule has 3 rings (SSSR count). The molecule has 0 bridgehead atoms. The molecule has 1 N–H and O–H groups in total. The smallest absolute Gasteiger partial charge is 0.237 e. The number of halogens is 2. The van der Waals surface area contributed by atoms with E-state index in [1.54, 1.807) is 18.5 Å². The summed E-state index contributed by atoms with van der Waals surface area (Å²) in [5.41, 5.74) is 3.26. The maximum absolute atomic E-state index is 13.7. The second-order valence-corrected chi connectivity index (χ2v) is 8.04. The number of aryl methyl sites for hydroxylation is 2. The van der Waals surface area contributed by atoms with Crippen LogP contribution in [0.15, 0.2) is 70.1 Å². The van der Waals surface area contributed by atoms with E-state index in [9.17, 15) is 14.3 Å². The lowest BCUT2D eigenvalue weighted by Gasteiger charge is -2.21. The molecule has 1 aromatic heterocycles. The number of aromatic nitrogens is 2. The number of benzene rings is 2. The Hall–Kier alpha value is -3.06. The summed E-state index contributed by atoms with van der Waals surface area (Å²) in [5, 5.41) is 10.00. The molecule has 3 aromatic rings. The standard InChI is InChI=1S/C24H23BrFN3O2/c1-16-4-3-5-17(12-16)19(20-7-6-18(26)13-21(20)25)8-10-29-11-9-28-24(29)14-22(30)23(31)15-27-2/h3-7,9,11-15,19,30H,8,10H2,1-2H3/b22-14-,27-15?/t19-/m1/s1. The molecule has 160 valence electrons. The van der Waals surface area contributed by atoms with Crippen LogP contribution in [0.1, 0.15) is 34.9 Å². The maximum atomic E-state index is 13.7. The van der Waals surface area contributed by atoms with Crippen LogP contribution in [-0.4, -0.2) is 33.7 Å². The predicted molar refractivity (Wildman–Crippen MR) is 124 cm³/mol. The topological polar surface area (TPSA) is 67.5 Å². The van der Waals surface area contributed by atoms with Crippen molar-refractivity contribution in [2.75, 3.05) is 7.05 Å². The Morgan fingerprint density at radius 1 is 1.32 bits per heavy atom. The number of carbonyl (C=O) groups excluding carboxylic acids is 1.